The Bertz CT molecular complexity index is 479. The smallest absolute Gasteiger partial charge is 0.0654 e. The zero-order valence-electron chi connectivity index (χ0n) is 8.82. The second-order valence-corrected chi connectivity index (χ2v) is 5.78. The molecule has 0 saturated carbocycles. The number of aliphatic imine (C=N–C) groups is 1. The van der Waals surface area contributed by atoms with Crippen LogP contribution in [0.1, 0.15) is 18.4 Å². The highest BCUT2D eigenvalue weighted by atomic mass is 35.5. The van der Waals surface area contributed by atoms with Gasteiger partial charge in [0.1, 0.15) is 0 Å². The topological polar surface area (TPSA) is 12.4 Å². The Morgan fingerprint density at radius 2 is 2.19 bits per heavy atom. The summed E-state index contributed by atoms with van der Waals surface area (Å²) >= 11 is 8.00. The maximum atomic E-state index is 6.17. The van der Waals surface area contributed by atoms with Gasteiger partial charge in [0.25, 0.3) is 0 Å². The number of nitrogens with zero attached hydrogens (tertiary/aromatic N) is 1. The van der Waals surface area contributed by atoms with E-state index in [1.807, 2.05) is 11.8 Å². The fraction of sp³-hybridized carbons (Fsp3) is 0.308. The average Bonchev–Trinajstić information content (AvgIpc) is 2.48. The molecule has 0 spiro atoms. The van der Waals surface area contributed by atoms with Gasteiger partial charge in [0.2, 0.25) is 0 Å². The lowest BCUT2D eigenvalue weighted by Gasteiger charge is -2.17. The number of halogens is 1. The van der Waals surface area contributed by atoms with E-state index in [0.717, 1.165) is 19.4 Å². The lowest BCUT2D eigenvalue weighted by Crippen LogP contribution is -2.13. The molecule has 1 aliphatic carbocycles. The molecule has 0 saturated heterocycles. The van der Waals surface area contributed by atoms with E-state index in [1.165, 1.54) is 21.1 Å². The van der Waals surface area contributed by atoms with Gasteiger partial charge in [-0.3, -0.25) is 4.99 Å². The van der Waals surface area contributed by atoms with E-state index in [1.54, 1.807) is 0 Å². The minimum atomic E-state index is 0.226. The van der Waals surface area contributed by atoms with Crippen molar-refractivity contribution in [1.82, 2.24) is 0 Å². The molecule has 1 aromatic rings. The first-order valence-corrected chi connectivity index (χ1v) is 6.72. The van der Waals surface area contributed by atoms with Crippen LogP contribution < -0.4 is 0 Å². The van der Waals surface area contributed by atoms with E-state index < -0.39 is 0 Å². The summed E-state index contributed by atoms with van der Waals surface area (Å²) in [7, 11) is 0. The molecule has 3 heteroatoms. The largest absolute Gasteiger partial charge is 0.284 e. The van der Waals surface area contributed by atoms with Crippen LogP contribution in [0.25, 0.3) is 0 Å². The summed E-state index contributed by atoms with van der Waals surface area (Å²) in [5, 5.41) is 0.226. The standard InChI is InChI=1S/C13H12ClNS/c14-10-5-6-13-11(7-10)15-8-9-3-1-2-4-12(9)16-13/h1-4,6,10H,5,7-8H2. The third kappa shape index (κ3) is 1.92. The highest BCUT2D eigenvalue weighted by Crippen LogP contribution is 2.37. The monoisotopic (exact) mass is 249 g/mol. The quantitative estimate of drug-likeness (QED) is 0.633. The molecular formula is C13H12ClNS. The first kappa shape index (κ1) is 10.4. The van der Waals surface area contributed by atoms with Gasteiger partial charge >= 0.3 is 0 Å². The molecule has 1 aliphatic heterocycles. The number of alkyl halides is 1. The highest BCUT2D eigenvalue weighted by molar-refractivity contribution is 8.04. The van der Waals surface area contributed by atoms with Crippen molar-refractivity contribution < 1.29 is 0 Å². The molecule has 16 heavy (non-hydrogen) atoms. The molecule has 1 nitrogen and oxygen atoms in total. The van der Waals surface area contributed by atoms with Gasteiger partial charge in [-0.25, -0.2) is 0 Å². The van der Waals surface area contributed by atoms with Crippen LogP contribution in [0.15, 0.2) is 45.1 Å². The van der Waals surface area contributed by atoms with E-state index in [2.05, 4.69) is 35.3 Å². The molecule has 1 atom stereocenters. The lowest BCUT2D eigenvalue weighted by molar-refractivity contribution is 0.877. The van der Waals surface area contributed by atoms with Crippen LogP contribution in [0, 0.1) is 0 Å². The Hall–Kier alpha value is -0.730. The number of thioether (sulfide) groups is 1. The van der Waals surface area contributed by atoms with Crippen LogP contribution in [0.4, 0.5) is 0 Å². The number of benzene rings is 1. The van der Waals surface area contributed by atoms with Crippen molar-refractivity contribution in [3.63, 3.8) is 0 Å². The van der Waals surface area contributed by atoms with Crippen molar-refractivity contribution in [2.24, 2.45) is 4.99 Å². The maximum absolute atomic E-state index is 6.17. The summed E-state index contributed by atoms with van der Waals surface area (Å²) in [5.41, 5.74) is 2.51. The first-order chi connectivity index (χ1) is 7.83. The average molecular weight is 250 g/mol. The van der Waals surface area contributed by atoms with E-state index in [9.17, 15) is 0 Å². The van der Waals surface area contributed by atoms with Gasteiger partial charge in [0.05, 0.1) is 12.3 Å². The number of allylic oxidation sites excluding steroid dienone is 2. The van der Waals surface area contributed by atoms with Crippen LogP contribution in [-0.2, 0) is 6.54 Å². The van der Waals surface area contributed by atoms with Gasteiger partial charge in [0, 0.05) is 21.6 Å². The van der Waals surface area contributed by atoms with Gasteiger partial charge in [-0.05, 0) is 18.1 Å². The van der Waals surface area contributed by atoms with Crippen molar-refractivity contribution in [3.05, 3.63) is 40.8 Å². The Morgan fingerprint density at radius 3 is 3.12 bits per heavy atom. The Labute approximate surface area is 105 Å². The predicted molar refractivity (Wildman–Crippen MR) is 70.4 cm³/mol. The van der Waals surface area contributed by atoms with Crippen molar-refractivity contribution >= 4 is 29.1 Å². The molecule has 2 aliphatic rings. The molecule has 1 unspecified atom stereocenters. The summed E-state index contributed by atoms with van der Waals surface area (Å²) in [6, 6.07) is 8.49. The number of hydrogen-bond donors (Lipinski definition) is 0. The predicted octanol–water partition coefficient (Wildman–Crippen LogP) is 4.02. The van der Waals surface area contributed by atoms with Gasteiger partial charge in [0.15, 0.2) is 0 Å². The van der Waals surface area contributed by atoms with Crippen LogP contribution in [-0.4, -0.2) is 11.1 Å². The third-order valence-corrected chi connectivity index (χ3v) is 4.46. The molecule has 0 N–H and O–H groups in total. The minimum absolute atomic E-state index is 0.226. The maximum Gasteiger partial charge on any atom is 0.0654 e. The van der Waals surface area contributed by atoms with Gasteiger partial charge < -0.3 is 0 Å². The van der Waals surface area contributed by atoms with Crippen LogP contribution in [0.5, 0.6) is 0 Å². The third-order valence-electron chi connectivity index (χ3n) is 2.89. The first-order valence-electron chi connectivity index (χ1n) is 5.46. The van der Waals surface area contributed by atoms with Crippen molar-refractivity contribution in [2.45, 2.75) is 29.7 Å². The van der Waals surface area contributed by atoms with Gasteiger partial charge in [-0.2, -0.15) is 0 Å². The summed E-state index contributed by atoms with van der Waals surface area (Å²) in [6.45, 7) is 0.791. The number of fused-ring (bicyclic) bond motifs is 2. The molecule has 0 radical (unpaired) electrons. The second kappa shape index (κ2) is 4.27. The molecule has 0 amide bonds. The molecule has 0 bridgehead atoms. The van der Waals surface area contributed by atoms with E-state index >= 15 is 0 Å². The highest BCUT2D eigenvalue weighted by Gasteiger charge is 2.21. The lowest BCUT2D eigenvalue weighted by atomic mass is 10.1. The Morgan fingerprint density at radius 1 is 1.31 bits per heavy atom. The van der Waals surface area contributed by atoms with Crippen LogP contribution in [0.3, 0.4) is 0 Å². The fourth-order valence-electron chi connectivity index (χ4n) is 2.02. The number of hydrogen-bond acceptors (Lipinski definition) is 2. The molecule has 1 aromatic carbocycles. The van der Waals surface area contributed by atoms with E-state index in [0.29, 0.717) is 0 Å². The molecule has 82 valence electrons. The molecule has 0 aromatic heterocycles. The minimum Gasteiger partial charge on any atom is -0.284 e. The Balaban J connectivity index is 2.01. The number of rotatable bonds is 0. The van der Waals surface area contributed by atoms with Crippen LogP contribution >= 0.6 is 23.4 Å². The SMILES string of the molecule is ClC1CC=C2Sc3ccccc3CN=C2C1. The van der Waals surface area contributed by atoms with Gasteiger partial charge in [-0.1, -0.05) is 36.0 Å². The van der Waals surface area contributed by atoms with E-state index in [4.69, 9.17) is 11.6 Å². The van der Waals surface area contributed by atoms with Crippen molar-refractivity contribution in [2.75, 3.05) is 0 Å². The van der Waals surface area contributed by atoms with E-state index in [-0.39, 0.29) is 5.38 Å². The second-order valence-electron chi connectivity index (χ2n) is 4.08. The fourth-order valence-corrected chi connectivity index (χ4v) is 3.35. The zero-order valence-corrected chi connectivity index (χ0v) is 10.4. The van der Waals surface area contributed by atoms with Crippen LogP contribution in [0.2, 0.25) is 0 Å². The molecule has 1 heterocycles. The zero-order chi connectivity index (χ0) is 11.0. The van der Waals surface area contributed by atoms with Crippen molar-refractivity contribution in [3.8, 4) is 0 Å². The summed E-state index contributed by atoms with van der Waals surface area (Å²) < 4.78 is 0. The molecule has 3 rings (SSSR count). The molecule has 0 fully saturated rings. The molecular weight excluding hydrogens is 238 g/mol. The van der Waals surface area contributed by atoms with Gasteiger partial charge in [-0.15, -0.1) is 11.6 Å². The summed E-state index contributed by atoms with van der Waals surface area (Å²) in [6.07, 6.45) is 4.10. The van der Waals surface area contributed by atoms with Crippen molar-refractivity contribution in [1.29, 1.82) is 0 Å². The summed E-state index contributed by atoms with van der Waals surface area (Å²) in [5.74, 6) is 0. The Kier molecular flexibility index (Phi) is 2.78. The summed E-state index contributed by atoms with van der Waals surface area (Å²) in [4.78, 5) is 7.32. The normalized spacial score (nSPS) is 23.7.